The van der Waals surface area contributed by atoms with Gasteiger partial charge in [-0.1, -0.05) is 36.5 Å². The first-order valence-corrected chi connectivity index (χ1v) is 6.70. The van der Waals surface area contributed by atoms with Gasteiger partial charge in [-0.25, -0.2) is 0 Å². The molecule has 4 unspecified atom stereocenters. The number of nitrogens with zero attached hydrogens (tertiary/aromatic N) is 1. The Balaban J connectivity index is 1.69. The summed E-state index contributed by atoms with van der Waals surface area (Å²) >= 11 is 0. The first-order valence-electron chi connectivity index (χ1n) is 6.70. The van der Waals surface area contributed by atoms with Crippen LogP contribution in [0.5, 0.6) is 0 Å². The molecule has 2 fully saturated rings. The van der Waals surface area contributed by atoms with Crippen molar-refractivity contribution in [3.63, 3.8) is 0 Å². The zero-order valence-electron chi connectivity index (χ0n) is 10.6. The van der Waals surface area contributed by atoms with E-state index in [0.29, 0.717) is 6.54 Å². The molecule has 0 radical (unpaired) electrons. The van der Waals surface area contributed by atoms with Crippen molar-refractivity contribution in [3.05, 3.63) is 36.5 Å². The minimum Gasteiger partial charge on any atom is -0.392 e. The number of aliphatic hydroxyl groups excluding tert-OH is 1. The van der Waals surface area contributed by atoms with Crippen LogP contribution in [-0.2, 0) is 9.59 Å². The normalized spacial score (nSPS) is 36.4. The zero-order chi connectivity index (χ0) is 13.4. The van der Waals surface area contributed by atoms with Crippen LogP contribution >= 0.6 is 0 Å². The van der Waals surface area contributed by atoms with Gasteiger partial charge in [-0.2, -0.15) is 0 Å². The van der Waals surface area contributed by atoms with E-state index in [2.05, 4.69) is 12.2 Å². The van der Waals surface area contributed by atoms with Crippen LogP contribution in [0.2, 0.25) is 0 Å². The van der Waals surface area contributed by atoms with Crippen molar-refractivity contribution in [2.75, 3.05) is 13.2 Å². The van der Waals surface area contributed by atoms with E-state index in [1.165, 1.54) is 4.90 Å². The third-order valence-corrected chi connectivity index (χ3v) is 4.34. The maximum absolute atomic E-state index is 12.3. The summed E-state index contributed by atoms with van der Waals surface area (Å²) in [5.74, 6) is 0.308. The van der Waals surface area contributed by atoms with Crippen LogP contribution in [0.1, 0.15) is 6.42 Å². The van der Waals surface area contributed by atoms with Gasteiger partial charge in [-0.3, -0.25) is 14.5 Å². The van der Waals surface area contributed by atoms with Gasteiger partial charge in [-0.05, 0) is 18.3 Å². The van der Waals surface area contributed by atoms with Crippen LogP contribution in [0.3, 0.4) is 0 Å². The van der Waals surface area contributed by atoms with Gasteiger partial charge in [0.1, 0.15) is 0 Å². The standard InChI is InChI=1S/C15H17NO3/c17-8-4-2-1-3-7-16-14(18)12-10-5-6-11(9-10)13(12)15(16)19/h1-6,10-13,17H,7-9H2. The number of allylic oxidation sites excluding steroid dienone is 4. The second-order valence-electron chi connectivity index (χ2n) is 5.33. The Hall–Kier alpha value is -1.68. The molecule has 3 aliphatic rings. The summed E-state index contributed by atoms with van der Waals surface area (Å²) in [5.41, 5.74) is 0. The zero-order valence-corrected chi connectivity index (χ0v) is 10.6. The van der Waals surface area contributed by atoms with Gasteiger partial charge in [0, 0.05) is 6.54 Å². The van der Waals surface area contributed by atoms with Crippen LogP contribution in [0.4, 0.5) is 0 Å². The molecule has 1 N–H and O–H groups in total. The number of carbonyl (C=O) groups excluding carboxylic acids is 2. The molecule has 100 valence electrons. The van der Waals surface area contributed by atoms with Crippen LogP contribution in [-0.4, -0.2) is 35.0 Å². The summed E-state index contributed by atoms with van der Waals surface area (Å²) < 4.78 is 0. The van der Waals surface area contributed by atoms with E-state index in [1.54, 1.807) is 24.3 Å². The molecule has 1 heterocycles. The SMILES string of the molecule is O=C1C2C3C=CC(C3)C2C(=O)N1CC=CC=CCO. The van der Waals surface area contributed by atoms with Crippen molar-refractivity contribution < 1.29 is 14.7 Å². The summed E-state index contributed by atoms with van der Waals surface area (Å²) in [6, 6.07) is 0. The van der Waals surface area contributed by atoms with E-state index in [1.807, 2.05) is 0 Å². The average molecular weight is 259 g/mol. The monoisotopic (exact) mass is 259 g/mol. The molecule has 0 aromatic rings. The maximum atomic E-state index is 12.3. The summed E-state index contributed by atoms with van der Waals surface area (Å²) in [6.07, 6.45) is 12.0. The highest BCUT2D eigenvalue weighted by atomic mass is 16.2. The van der Waals surface area contributed by atoms with Gasteiger partial charge < -0.3 is 5.11 Å². The van der Waals surface area contributed by atoms with Crippen molar-refractivity contribution >= 4 is 11.8 Å². The summed E-state index contributed by atoms with van der Waals surface area (Å²) in [7, 11) is 0. The topological polar surface area (TPSA) is 57.6 Å². The first kappa shape index (κ1) is 12.4. The molecule has 4 nitrogen and oxygen atoms in total. The fourth-order valence-electron chi connectivity index (χ4n) is 3.53. The molecule has 1 saturated heterocycles. The highest BCUT2D eigenvalue weighted by Gasteiger charge is 2.58. The number of imide groups is 1. The highest BCUT2D eigenvalue weighted by Crippen LogP contribution is 2.52. The van der Waals surface area contributed by atoms with E-state index in [4.69, 9.17) is 5.11 Å². The minimum atomic E-state index is -0.108. The third kappa shape index (κ3) is 1.87. The van der Waals surface area contributed by atoms with Crippen molar-refractivity contribution in [3.8, 4) is 0 Å². The van der Waals surface area contributed by atoms with Gasteiger partial charge >= 0.3 is 0 Å². The number of amides is 2. The second-order valence-corrected chi connectivity index (χ2v) is 5.33. The van der Waals surface area contributed by atoms with E-state index in [9.17, 15) is 9.59 Å². The molecule has 3 rings (SSSR count). The number of carbonyl (C=O) groups is 2. The van der Waals surface area contributed by atoms with Gasteiger partial charge in [0.2, 0.25) is 11.8 Å². The maximum Gasteiger partial charge on any atom is 0.234 e. The predicted molar refractivity (Wildman–Crippen MR) is 69.8 cm³/mol. The lowest BCUT2D eigenvalue weighted by molar-refractivity contribution is -0.140. The van der Waals surface area contributed by atoms with Crippen molar-refractivity contribution in [2.24, 2.45) is 23.7 Å². The number of rotatable bonds is 4. The van der Waals surface area contributed by atoms with Crippen LogP contribution in [0.15, 0.2) is 36.5 Å². The van der Waals surface area contributed by atoms with Gasteiger partial charge in [0.05, 0.1) is 18.4 Å². The molecule has 4 atom stereocenters. The van der Waals surface area contributed by atoms with Crippen LogP contribution in [0.25, 0.3) is 0 Å². The summed E-state index contributed by atoms with van der Waals surface area (Å²) in [5, 5.41) is 8.59. The van der Waals surface area contributed by atoms with Crippen molar-refractivity contribution in [2.45, 2.75) is 6.42 Å². The molecule has 1 aliphatic heterocycles. The fraction of sp³-hybridized carbons (Fsp3) is 0.467. The Morgan fingerprint density at radius 2 is 1.68 bits per heavy atom. The highest BCUT2D eigenvalue weighted by molar-refractivity contribution is 6.06. The van der Waals surface area contributed by atoms with Gasteiger partial charge in [0.25, 0.3) is 0 Å². The number of hydrogen-bond donors (Lipinski definition) is 1. The molecule has 2 aliphatic carbocycles. The van der Waals surface area contributed by atoms with E-state index >= 15 is 0 Å². The third-order valence-electron chi connectivity index (χ3n) is 4.34. The van der Waals surface area contributed by atoms with E-state index < -0.39 is 0 Å². The molecular formula is C15H17NO3. The van der Waals surface area contributed by atoms with E-state index in [0.717, 1.165) is 6.42 Å². The number of fused-ring (bicyclic) bond motifs is 5. The van der Waals surface area contributed by atoms with Crippen LogP contribution in [0, 0.1) is 23.7 Å². The average Bonchev–Trinajstić information content (AvgIpc) is 3.06. The quantitative estimate of drug-likeness (QED) is 0.463. The lowest BCUT2D eigenvalue weighted by Crippen LogP contribution is -2.33. The molecule has 4 heteroatoms. The van der Waals surface area contributed by atoms with Gasteiger partial charge in [-0.15, -0.1) is 0 Å². The Morgan fingerprint density at radius 1 is 1.11 bits per heavy atom. The minimum absolute atomic E-state index is 0.00884. The Bertz CT molecular complexity index is 462. The molecule has 2 bridgehead atoms. The lowest BCUT2D eigenvalue weighted by atomic mass is 9.85. The predicted octanol–water partition coefficient (Wildman–Crippen LogP) is 0.898. The molecule has 0 aromatic carbocycles. The Morgan fingerprint density at radius 3 is 2.26 bits per heavy atom. The smallest absolute Gasteiger partial charge is 0.234 e. The Kier molecular flexibility index (Phi) is 3.11. The fourth-order valence-corrected chi connectivity index (χ4v) is 3.53. The summed E-state index contributed by atoms with van der Waals surface area (Å²) in [4.78, 5) is 26.0. The van der Waals surface area contributed by atoms with Crippen molar-refractivity contribution in [1.82, 2.24) is 4.90 Å². The van der Waals surface area contributed by atoms with E-state index in [-0.39, 0.29) is 42.1 Å². The molecule has 0 spiro atoms. The van der Waals surface area contributed by atoms with Gasteiger partial charge in [0.15, 0.2) is 0 Å². The molecule has 19 heavy (non-hydrogen) atoms. The number of likely N-dealkylation sites (tertiary alicyclic amines) is 1. The van der Waals surface area contributed by atoms with Crippen LogP contribution < -0.4 is 0 Å². The molecule has 2 amide bonds. The number of aliphatic hydroxyl groups is 1. The first-order chi connectivity index (χ1) is 9.24. The molecule has 0 aromatic heterocycles. The number of hydrogen-bond acceptors (Lipinski definition) is 3. The van der Waals surface area contributed by atoms with Crippen molar-refractivity contribution in [1.29, 1.82) is 0 Å². The molecular weight excluding hydrogens is 242 g/mol. The Labute approximate surface area is 112 Å². The second kappa shape index (κ2) is 4.78. The summed E-state index contributed by atoms with van der Waals surface area (Å²) in [6.45, 7) is 0.324. The molecule has 1 saturated carbocycles. The lowest BCUT2D eigenvalue weighted by Gasteiger charge is -2.14. The largest absolute Gasteiger partial charge is 0.392 e.